The molecule has 1 aromatic heterocycles. The van der Waals surface area contributed by atoms with E-state index >= 15 is 0 Å². The molecule has 0 atom stereocenters. The van der Waals surface area contributed by atoms with Crippen LogP contribution in [0.25, 0.3) is 11.4 Å². The molecule has 0 aliphatic rings. The van der Waals surface area contributed by atoms with Gasteiger partial charge in [-0.1, -0.05) is 34.1 Å². The summed E-state index contributed by atoms with van der Waals surface area (Å²) in [5, 5.41) is 9.39. The molecule has 1 aromatic carbocycles. The van der Waals surface area contributed by atoms with Crippen LogP contribution in [-0.2, 0) is 5.33 Å². The van der Waals surface area contributed by atoms with E-state index < -0.39 is 0 Å². The van der Waals surface area contributed by atoms with Crippen molar-refractivity contribution in [1.82, 2.24) is 14.8 Å². The second-order valence-electron chi connectivity index (χ2n) is 4.80. The molecule has 0 saturated carbocycles. The van der Waals surface area contributed by atoms with E-state index in [1.807, 2.05) is 0 Å². The zero-order chi connectivity index (χ0) is 13.3. The minimum Gasteiger partial charge on any atom is -0.308 e. The number of benzene rings is 1. The Morgan fingerprint density at radius 1 is 1.17 bits per heavy atom. The first-order valence-corrected chi connectivity index (χ1v) is 7.24. The van der Waals surface area contributed by atoms with Crippen LogP contribution in [-0.4, -0.2) is 14.8 Å². The summed E-state index contributed by atoms with van der Waals surface area (Å²) in [4.78, 5) is 0. The van der Waals surface area contributed by atoms with Gasteiger partial charge in [-0.25, -0.2) is 0 Å². The Bertz CT molecular complexity index is 538. The van der Waals surface area contributed by atoms with Crippen LogP contribution in [0.2, 0.25) is 0 Å². The van der Waals surface area contributed by atoms with Crippen molar-refractivity contribution in [1.29, 1.82) is 0 Å². The summed E-state index contributed by atoms with van der Waals surface area (Å²) >= 11 is 3.48. The lowest BCUT2D eigenvalue weighted by atomic mass is 10.0. The molecule has 0 aliphatic carbocycles. The summed E-state index contributed by atoms with van der Waals surface area (Å²) in [6.45, 7) is 8.56. The number of hydrogen-bond acceptors (Lipinski definition) is 2. The van der Waals surface area contributed by atoms with Crippen molar-refractivity contribution in [2.24, 2.45) is 0 Å². The van der Waals surface area contributed by atoms with Crippen LogP contribution in [0.1, 0.15) is 36.8 Å². The van der Waals surface area contributed by atoms with Gasteiger partial charge in [-0.05, 0) is 38.8 Å². The summed E-state index contributed by atoms with van der Waals surface area (Å²) in [6.07, 6.45) is 0. The zero-order valence-electron chi connectivity index (χ0n) is 11.2. The molecule has 0 saturated heterocycles. The first kappa shape index (κ1) is 13.3. The number of aromatic nitrogens is 3. The maximum absolute atomic E-state index is 4.38. The molecule has 1 heterocycles. The zero-order valence-corrected chi connectivity index (χ0v) is 12.8. The third-order valence-electron chi connectivity index (χ3n) is 3.11. The SMILES string of the molecule is Cc1cccc(C)c1-c1nnc(CBr)n1C(C)C. The Balaban J connectivity index is 2.68. The number of halogens is 1. The third kappa shape index (κ3) is 2.21. The molecular weight excluding hydrogens is 290 g/mol. The van der Waals surface area contributed by atoms with Gasteiger partial charge in [0.05, 0.1) is 5.33 Å². The van der Waals surface area contributed by atoms with Crippen LogP contribution in [0.15, 0.2) is 18.2 Å². The van der Waals surface area contributed by atoms with Gasteiger partial charge in [0.2, 0.25) is 0 Å². The van der Waals surface area contributed by atoms with Crippen LogP contribution >= 0.6 is 15.9 Å². The van der Waals surface area contributed by atoms with Gasteiger partial charge in [0.15, 0.2) is 5.82 Å². The van der Waals surface area contributed by atoms with Crippen LogP contribution < -0.4 is 0 Å². The smallest absolute Gasteiger partial charge is 0.164 e. The lowest BCUT2D eigenvalue weighted by molar-refractivity contribution is 0.586. The van der Waals surface area contributed by atoms with Crippen LogP contribution in [0.5, 0.6) is 0 Å². The van der Waals surface area contributed by atoms with Gasteiger partial charge in [-0.2, -0.15) is 0 Å². The first-order valence-electron chi connectivity index (χ1n) is 6.12. The molecule has 0 fully saturated rings. The molecule has 0 spiro atoms. The molecule has 2 rings (SSSR count). The van der Waals surface area contributed by atoms with E-state index in [1.165, 1.54) is 16.7 Å². The van der Waals surface area contributed by atoms with E-state index in [1.54, 1.807) is 0 Å². The van der Waals surface area contributed by atoms with Crippen molar-refractivity contribution in [3.8, 4) is 11.4 Å². The molecule has 4 heteroatoms. The third-order valence-corrected chi connectivity index (χ3v) is 3.61. The topological polar surface area (TPSA) is 30.7 Å². The molecule has 0 N–H and O–H groups in total. The molecule has 0 unspecified atom stereocenters. The fourth-order valence-electron chi connectivity index (χ4n) is 2.30. The van der Waals surface area contributed by atoms with Crippen LogP contribution in [0.3, 0.4) is 0 Å². The Morgan fingerprint density at radius 2 is 1.78 bits per heavy atom. The van der Waals surface area contributed by atoms with E-state index in [2.05, 4.69) is 76.6 Å². The number of hydrogen-bond donors (Lipinski definition) is 0. The average Bonchev–Trinajstić information content (AvgIpc) is 2.72. The molecule has 0 bridgehead atoms. The molecule has 0 aliphatic heterocycles. The minimum atomic E-state index is 0.349. The largest absolute Gasteiger partial charge is 0.308 e. The van der Waals surface area contributed by atoms with Gasteiger partial charge < -0.3 is 4.57 Å². The van der Waals surface area contributed by atoms with Crippen molar-refractivity contribution < 1.29 is 0 Å². The molecule has 3 nitrogen and oxygen atoms in total. The lowest BCUT2D eigenvalue weighted by Gasteiger charge is -2.15. The Morgan fingerprint density at radius 3 is 2.28 bits per heavy atom. The van der Waals surface area contributed by atoms with Crippen LogP contribution in [0, 0.1) is 13.8 Å². The second kappa shape index (κ2) is 5.22. The molecular formula is C14H18BrN3. The lowest BCUT2D eigenvalue weighted by Crippen LogP contribution is -2.08. The number of aryl methyl sites for hydroxylation is 2. The minimum absolute atomic E-state index is 0.349. The van der Waals surface area contributed by atoms with E-state index in [9.17, 15) is 0 Å². The highest BCUT2D eigenvalue weighted by Crippen LogP contribution is 2.28. The predicted octanol–water partition coefficient (Wildman–Crippen LogP) is 4.04. The molecule has 18 heavy (non-hydrogen) atoms. The van der Waals surface area contributed by atoms with Crippen molar-refractivity contribution in [3.63, 3.8) is 0 Å². The summed E-state index contributed by atoms with van der Waals surface area (Å²) in [5.74, 6) is 1.94. The average molecular weight is 308 g/mol. The van der Waals surface area contributed by atoms with Gasteiger partial charge in [0, 0.05) is 11.6 Å². The van der Waals surface area contributed by atoms with Crippen molar-refractivity contribution in [2.75, 3.05) is 0 Å². The van der Waals surface area contributed by atoms with Crippen molar-refractivity contribution in [3.05, 3.63) is 35.2 Å². The molecule has 0 amide bonds. The van der Waals surface area contributed by atoms with E-state index in [0.29, 0.717) is 6.04 Å². The maximum Gasteiger partial charge on any atom is 0.164 e. The quantitative estimate of drug-likeness (QED) is 0.801. The van der Waals surface area contributed by atoms with Gasteiger partial charge in [0.1, 0.15) is 5.82 Å². The monoisotopic (exact) mass is 307 g/mol. The van der Waals surface area contributed by atoms with Crippen LogP contribution in [0.4, 0.5) is 0 Å². The van der Waals surface area contributed by atoms with Crippen molar-refractivity contribution >= 4 is 15.9 Å². The van der Waals surface area contributed by atoms with Crippen molar-refractivity contribution in [2.45, 2.75) is 39.1 Å². The summed E-state index contributed by atoms with van der Waals surface area (Å²) in [5.41, 5.74) is 3.68. The summed E-state index contributed by atoms with van der Waals surface area (Å²) in [6, 6.07) is 6.67. The number of alkyl halides is 1. The van der Waals surface area contributed by atoms with E-state index in [0.717, 1.165) is 17.0 Å². The Hall–Kier alpha value is -1.16. The normalized spacial score (nSPS) is 11.2. The Labute approximate surface area is 116 Å². The standard InChI is InChI=1S/C14H18BrN3/c1-9(2)18-12(8-15)16-17-14(18)13-10(3)6-5-7-11(13)4/h5-7,9H,8H2,1-4H3. The van der Waals surface area contributed by atoms with Gasteiger partial charge in [0.25, 0.3) is 0 Å². The fraction of sp³-hybridized carbons (Fsp3) is 0.429. The number of rotatable bonds is 3. The summed E-state index contributed by atoms with van der Waals surface area (Å²) < 4.78 is 2.20. The van der Waals surface area contributed by atoms with Gasteiger partial charge >= 0.3 is 0 Å². The van der Waals surface area contributed by atoms with Gasteiger partial charge in [-0.3, -0.25) is 0 Å². The van der Waals surface area contributed by atoms with E-state index in [4.69, 9.17) is 0 Å². The maximum atomic E-state index is 4.38. The first-order chi connectivity index (χ1) is 8.56. The second-order valence-corrected chi connectivity index (χ2v) is 5.36. The Kier molecular flexibility index (Phi) is 3.85. The highest BCUT2D eigenvalue weighted by molar-refractivity contribution is 9.08. The fourth-order valence-corrected chi connectivity index (χ4v) is 2.68. The van der Waals surface area contributed by atoms with E-state index in [-0.39, 0.29) is 0 Å². The van der Waals surface area contributed by atoms with Gasteiger partial charge in [-0.15, -0.1) is 10.2 Å². The predicted molar refractivity (Wildman–Crippen MR) is 77.9 cm³/mol. The molecule has 0 radical (unpaired) electrons. The highest BCUT2D eigenvalue weighted by Gasteiger charge is 2.18. The number of nitrogens with zero attached hydrogens (tertiary/aromatic N) is 3. The molecule has 96 valence electrons. The molecule has 2 aromatic rings. The highest BCUT2D eigenvalue weighted by atomic mass is 79.9. The summed E-state index contributed by atoms with van der Waals surface area (Å²) in [7, 11) is 0.